The highest BCUT2D eigenvalue weighted by Crippen LogP contribution is 1.99. The van der Waals surface area contributed by atoms with Crippen LogP contribution in [-0.4, -0.2) is 14.5 Å². The van der Waals surface area contributed by atoms with Crippen molar-refractivity contribution in [2.75, 3.05) is 0 Å². The Labute approximate surface area is 91.2 Å². The lowest BCUT2D eigenvalue weighted by Crippen LogP contribution is -2.21. The molecule has 0 saturated carbocycles. The molecule has 0 radical (unpaired) electrons. The molecule has 2 rings (SSSR count). The topological polar surface area (TPSA) is 47.8 Å². The van der Waals surface area contributed by atoms with Crippen LogP contribution in [0.2, 0.25) is 5.15 Å². The van der Waals surface area contributed by atoms with Gasteiger partial charge in [0.2, 0.25) is 0 Å². The van der Waals surface area contributed by atoms with Gasteiger partial charge in [-0.3, -0.25) is 9.78 Å². The smallest absolute Gasteiger partial charge is 0.288 e. The van der Waals surface area contributed by atoms with Crippen molar-refractivity contribution in [3.63, 3.8) is 0 Å². The van der Waals surface area contributed by atoms with Crippen LogP contribution in [0.25, 0.3) is 0 Å². The molecule has 0 aliphatic carbocycles. The lowest BCUT2D eigenvalue weighted by Gasteiger charge is -2.04. The van der Waals surface area contributed by atoms with Gasteiger partial charge in [0.05, 0.1) is 6.54 Å². The minimum absolute atomic E-state index is 0.0126. The lowest BCUT2D eigenvalue weighted by atomic mass is 10.3. The quantitative estimate of drug-likeness (QED) is 0.769. The van der Waals surface area contributed by atoms with Crippen molar-refractivity contribution in [3.8, 4) is 0 Å². The molecule has 0 bridgehead atoms. The Morgan fingerprint density at radius 1 is 1.40 bits per heavy atom. The fourth-order valence-electron chi connectivity index (χ4n) is 1.23. The Balaban J connectivity index is 2.33. The number of halogens is 1. The van der Waals surface area contributed by atoms with Gasteiger partial charge in [-0.15, -0.1) is 0 Å². The minimum Gasteiger partial charge on any atom is -0.307 e. The van der Waals surface area contributed by atoms with Gasteiger partial charge in [-0.05, 0) is 11.6 Å². The Bertz CT molecular complexity index is 510. The molecule has 4 nitrogen and oxygen atoms in total. The molecule has 0 amide bonds. The fraction of sp³-hybridized carbons (Fsp3) is 0.100. The van der Waals surface area contributed by atoms with E-state index in [4.69, 9.17) is 11.6 Å². The molecule has 0 aromatic carbocycles. The molecule has 2 aromatic heterocycles. The van der Waals surface area contributed by atoms with Gasteiger partial charge in [-0.25, -0.2) is 4.98 Å². The molecular weight excluding hydrogens is 214 g/mol. The number of hydrogen-bond donors (Lipinski definition) is 0. The number of nitrogens with zero attached hydrogens (tertiary/aromatic N) is 3. The van der Waals surface area contributed by atoms with Gasteiger partial charge >= 0.3 is 0 Å². The van der Waals surface area contributed by atoms with Crippen LogP contribution >= 0.6 is 11.6 Å². The Morgan fingerprint density at radius 2 is 2.27 bits per heavy atom. The van der Waals surface area contributed by atoms with Gasteiger partial charge in [0.1, 0.15) is 0 Å². The first-order valence-corrected chi connectivity index (χ1v) is 4.75. The van der Waals surface area contributed by atoms with Crippen LogP contribution in [0.4, 0.5) is 0 Å². The Kier molecular flexibility index (Phi) is 2.78. The summed E-state index contributed by atoms with van der Waals surface area (Å²) >= 11 is 5.62. The molecule has 15 heavy (non-hydrogen) atoms. The molecule has 0 saturated heterocycles. The molecule has 0 N–H and O–H groups in total. The second kappa shape index (κ2) is 4.23. The van der Waals surface area contributed by atoms with Crippen LogP contribution in [0.1, 0.15) is 5.56 Å². The van der Waals surface area contributed by atoms with E-state index in [9.17, 15) is 4.79 Å². The van der Waals surface area contributed by atoms with Crippen molar-refractivity contribution in [2.45, 2.75) is 6.54 Å². The van der Waals surface area contributed by atoms with Crippen LogP contribution in [-0.2, 0) is 6.54 Å². The summed E-state index contributed by atoms with van der Waals surface area (Å²) in [4.78, 5) is 19.2. The minimum atomic E-state index is -0.289. The van der Waals surface area contributed by atoms with E-state index in [1.165, 1.54) is 10.8 Å². The molecule has 2 heterocycles. The van der Waals surface area contributed by atoms with E-state index < -0.39 is 0 Å². The number of hydrogen-bond acceptors (Lipinski definition) is 3. The van der Waals surface area contributed by atoms with Gasteiger partial charge in [0.25, 0.3) is 5.56 Å². The average Bonchev–Trinajstić information content (AvgIpc) is 2.26. The zero-order valence-corrected chi connectivity index (χ0v) is 8.55. The van der Waals surface area contributed by atoms with Crippen LogP contribution in [0.3, 0.4) is 0 Å². The van der Waals surface area contributed by atoms with E-state index in [2.05, 4.69) is 9.97 Å². The number of pyridine rings is 1. The predicted molar refractivity (Wildman–Crippen MR) is 56.8 cm³/mol. The largest absolute Gasteiger partial charge is 0.307 e. The number of aromatic nitrogens is 3. The van der Waals surface area contributed by atoms with Gasteiger partial charge < -0.3 is 4.57 Å². The number of rotatable bonds is 2. The van der Waals surface area contributed by atoms with Crippen molar-refractivity contribution in [3.05, 3.63) is 58.0 Å². The molecule has 0 aliphatic rings. The van der Waals surface area contributed by atoms with E-state index >= 15 is 0 Å². The van der Waals surface area contributed by atoms with Crippen LogP contribution in [0.15, 0.2) is 41.7 Å². The molecule has 0 atom stereocenters. The van der Waals surface area contributed by atoms with E-state index in [1.807, 2.05) is 12.1 Å². The van der Waals surface area contributed by atoms with E-state index in [0.29, 0.717) is 6.54 Å². The third-order valence-corrected chi connectivity index (χ3v) is 2.21. The van der Waals surface area contributed by atoms with Gasteiger partial charge in [-0.2, -0.15) is 0 Å². The zero-order chi connectivity index (χ0) is 10.7. The maximum absolute atomic E-state index is 11.5. The molecule has 5 heteroatoms. The maximum atomic E-state index is 11.5. The maximum Gasteiger partial charge on any atom is 0.288 e. The first-order chi connectivity index (χ1) is 7.27. The SMILES string of the molecule is O=c1c(Cl)nccn1Cc1cccnc1. The summed E-state index contributed by atoms with van der Waals surface area (Å²) in [6.45, 7) is 0.453. The monoisotopic (exact) mass is 221 g/mol. The van der Waals surface area contributed by atoms with Gasteiger partial charge in [0.15, 0.2) is 5.15 Å². The van der Waals surface area contributed by atoms with Crippen molar-refractivity contribution >= 4 is 11.6 Å². The van der Waals surface area contributed by atoms with E-state index in [-0.39, 0.29) is 10.7 Å². The lowest BCUT2D eigenvalue weighted by molar-refractivity contribution is 0.745. The van der Waals surface area contributed by atoms with Crippen LogP contribution in [0.5, 0.6) is 0 Å². The molecule has 0 aliphatic heterocycles. The first kappa shape index (κ1) is 9.86. The highest BCUT2D eigenvalue weighted by atomic mass is 35.5. The summed E-state index contributed by atoms with van der Waals surface area (Å²) in [5.74, 6) is 0. The summed E-state index contributed by atoms with van der Waals surface area (Å²) in [6.07, 6.45) is 6.49. The fourth-order valence-corrected chi connectivity index (χ4v) is 1.40. The predicted octanol–water partition coefficient (Wildman–Crippen LogP) is 1.34. The molecular formula is C10H8ClN3O. The molecule has 2 aromatic rings. The van der Waals surface area contributed by atoms with Gasteiger partial charge in [-0.1, -0.05) is 17.7 Å². The molecule has 0 fully saturated rings. The third-order valence-electron chi connectivity index (χ3n) is 1.95. The van der Waals surface area contributed by atoms with E-state index in [1.54, 1.807) is 18.6 Å². The summed E-state index contributed by atoms with van der Waals surface area (Å²) in [6, 6.07) is 3.72. The second-order valence-electron chi connectivity index (χ2n) is 3.01. The normalized spacial score (nSPS) is 10.2. The summed E-state index contributed by atoms with van der Waals surface area (Å²) in [7, 11) is 0. The van der Waals surface area contributed by atoms with Crippen molar-refractivity contribution < 1.29 is 0 Å². The van der Waals surface area contributed by atoms with Crippen LogP contribution in [0, 0.1) is 0 Å². The third kappa shape index (κ3) is 2.22. The average molecular weight is 222 g/mol. The molecule has 0 unspecified atom stereocenters. The molecule has 76 valence electrons. The molecule has 0 spiro atoms. The zero-order valence-electron chi connectivity index (χ0n) is 7.80. The van der Waals surface area contributed by atoms with Crippen molar-refractivity contribution in [1.29, 1.82) is 0 Å². The Morgan fingerprint density at radius 3 is 3.00 bits per heavy atom. The van der Waals surface area contributed by atoms with Crippen LogP contribution < -0.4 is 5.56 Å². The van der Waals surface area contributed by atoms with Crippen molar-refractivity contribution in [2.24, 2.45) is 0 Å². The van der Waals surface area contributed by atoms with Gasteiger partial charge in [0, 0.05) is 24.8 Å². The first-order valence-electron chi connectivity index (χ1n) is 4.37. The van der Waals surface area contributed by atoms with Crippen molar-refractivity contribution in [1.82, 2.24) is 14.5 Å². The highest BCUT2D eigenvalue weighted by Gasteiger charge is 2.01. The standard InChI is InChI=1S/C10H8ClN3O/c11-9-10(15)14(5-4-13-9)7-8-2-1-3-12-6-8/h1-6H,7H2. The second-order valence-corrected chi connectivity index (χ2v) is 3.37. The summed E-state index contributed by atoms with van der Waals surface area (Å²) in [5.41, 5.74) is 0.657. The Hall–Kier alpha value is -1.68. The highest BCUT2D eigenvalue weighted by molar-refractivity contribution is 6.29. The summed E-state index contributed by atoms with van der Waals surface area (Å²) in [5, 5.41) is -0.0126. The van der Waals surface area contributed by atoms with E-state index in [0.717, 1.165) is 5.56 Å². The summed E-state index contributed by atoms with van der Waals surface area (Å²) < 4.78 is 1.49.